The molecule has 8 heteroatoms. The van der Waals surface area contributed by atoms with Crippen molar-refractivity contribution < 1.29 is 19.1 Å². The second-order valence-electron chi connectivity index (χ2n) is 6.09. The molecule has 154 valence electrons. The van der Waals surface area contributed by atoms with E-state index in [-0.39, 0.29) is 24.7 Å². The van der Waals surface area contributed by atoms with E-state index >= 15 is 0 Å². The molecular formula is C21H24BrN3O4. The molecule has 29 heavy (non-hydrogen) atoms. The topological polar surface area (TPSA) is 89.0 Å². The molecule has 0 atom stereocenters. The predicted molar refractivity (Wildman–Crippen MR) is 117 cm³/mol. The minimum atomic E-state index is -0.349. The van der Waals surface area contributed by atoms with E-state index in [1.165, 1.54) is 6.21 Å². The van der Waals surface area contributed by atoms with E-state index in [4.69, 9.17) is 9.47 Å². The fourth-order valence-electron chi connectivity index (χ4n) is 2.37. The highest BCUT2D eigenvalue weighted by atomic mass is 79.9. The minimum absolute atomic E-state index is 0.0345. The van der Waals surface area contributed by atoms with E-state index in [1.807, 2.05) is 31.2 Å². The molecule has 2 aromatic rings. The van der Waals surface area contributed by atoms with Gasteiger partial charge in [0.05, 0.1) is 24.4 Å². The summed E-state index contributed by atoms with van der Waals surface area (Å²) in [7, 11) is 1.56. The lowest BCUT2D eigenvalue weighted by atomic mass is 10.2. The number of carbonyl (C=O) groups excluding carboxylic acids is 2. The summed E-state index contributed by atoms with van der Waals surface area (Å²) in [6.07, 6.45) is 2.49. The number of methoxy groups -OCH3 is 1. The first-order valence-electron chi connectivity index (χ1n) is 9.20. The van der Waals surface area contributed by atoms with Gasteiger partial charge < -0.3 is 14.8 Å². The highest BCUT2D eigenvalue weighted by Crippen LogP contribution is 2.36. The number of nitrogens with zero attached hydrogens (tertiary/aromatic N) is 1. The molecule has 2 N–H and O–H groups in total. The Morgan fingerprint density at radius 2 is 1.86 bits per heavy atom. The standard InChI is InChI=1S/C21H24BrN3O4/c1-3-11-29-21-17(22)12-15(13-18(21)28-2)14-23-25-20(27)10-9-19(26)24-16-7-5-4-6-8-16/h4-8,12-14H,3,9-11H2,1-2H3,(H,24,26)(H,25,27). The average Bonchev–Trinajstić information content (AvgIpc) is 2.72. The Morgan fingerprint density at radius 3 is 2.55 bits per heavy atom. The van der Waals surface area contributed by atoms with Crippen molar-refractivity contribution in [2.75, 3.05) is 19.0 Å². The monoisotopic (exact) mass is 461 g/mol. The Hall–Kier alpha value is -2.87. The molecule has 2 amide bonds. The van der Waals surface area contributed by atoms with Crippen LogP contribution in [0.4, 0.5) is 5.69 Å². The predicted octanol–water partition coefficient (Wildman–Crippen LogP) is 4.12. The van der Waals surface area contributed by atoms with Crippen LogP contribution in [-0.2, 0) is 9.59 Å². The fourth-order valence-corrected chi connectivity index (χ4v) is 2.94. The van der Waals surface area contributed by atoms with E-state index in [0.717, 1.165) is 16.5 Å². The van der Waals surface area contributed by atoms with E-state index < -0.39 is 0 Å². The minimum Gasteiger partial charge on any atom is -0.493 e. The normalized spacial score (nSPS) is 10.6. The van der Waals surface area contributed by atoms with Crippen molar-refractivity contribution in [3.8, 4) is 11.5 Å². The zero-order chi connectivity index (χ0) is 21.1. The SMILES string of the molecule is CCCOc1c(Br)cc(C=NNC(=O)CCC(=O)Nc2ccccc2)cc1OC. The average molecular weight is 462 g/mol. The van der Waals surface area contributed by atoms with Crippen LogP contribution in [0.3, 0.4) is 0 Å². The fraction of sp³-hybridized carbons (Fsp3) is 0.286. The van der Waals surface area contributed by atoms with E-state index in [9.17, 15) is 9.59 Å². The molecule has 0 radical (unpaired) electrons. The van der Waals surface area contributed by atoms with Gasteiger partial charge in [0, 0.05) is 18.5 Å². The van der Waals surface area contributed by atoms with Gasteiger partial charge in [-0.05, 0) is 52.2 Å². The van der Waals surface area contributed by atoms with Crippen molar-refractivity contribution in [1.29, 1.82) is 0 Å². The third-order valence-corrected chi connectivity index (χ3v) is 4.33. The second kappa shape index (κ2) is 11.9. The Kier molecular flexibility index (Phi) is 9.17. The molecular weight excluding hydrogens is 438 g/mol. The lowest BCUT2D eigenvalue weighted by Crippen LogP contribution is -2.20. The van der Waals surface area contributed by atoms with Crippen molar-refractivity contribution in [3.05, 3.63) is 52.5 Å². The van der Waals surface area contributed by atoms with Gasteiger partial charge in [0.1, 0.15) is 0 Å². The maximum atomic E-state index is 11.9. The van der Waals surface area contributed by atoms with Gasteiger partial charge in [0.25, 0.3) is 0 Å². The van der Waals surface area contributed by atoms with Gasteiger partial charge in [-0.25, -0.2) is 5.43 Å². The maximum Gasteiger partial charge on any atom is 0.240 e. The Morgan fingerprint density at radius 1 is 1.14 bits per heavy atom. The molecule has 0 aromatic heterocycles. The van der Waals surface area contributed by atoms with Crippen molar-refractivity contribution in [2.24, 2.45) is 5.10 Å². The lowest BCUT2D eigenvalue weighted by Gasteiger charge is -2.12. The van der Waals surface area contributed by atoms with Crippen LogP contribution in [0.15, 0.2) is 52.0 Å². The highest BCUT2D eigenvalue weighted by Gasteiger charge is 2.11. The molecule has 0 unspecified atom stereocenters. The summed E-state index contributed by atoms with van der Waals surface area (Å²) in [5, 5.41) is 6.67. The van der Waals surface area contributed by atoms with Gasteiger partial charge in [-0.1, -0.05) is 25.1 Å². The number of benzene rings is 2. The molecule has 0 saturated carbocycles. The number of anilines is 1. The zero-order valence-electron chi connectivity index (χ0n) is 16.4. The number of hydrazone groups is 1. The first kappa shape index (κ1) is 22.4. The molecule has 0 aliphatic rings. The summed E-state index contributed by atoms with van der Waals surface area (Å²) in [4.78, 5) is 23.8. The van der Waals surface area contributed by atoms with Gasteiger partial charge in [0.2, 0.25) is 11.8 Å². The van der Waals surface area contributed by atoms with Crippen LogP contribution in [0.25, 0.3) is 0 Å². The third kappa shape index (κ3) is 7.57. The van der Waals surface area contributed by atoms with Gasteiger partial charge in [-0.3, -0.25) is 9.59 Å². The van der Waals surface area contributed by atoms with Crippen LogP contribution >= 0.6 is 15.9 Å². The number of halogens is 1. The molecule has 2 aromatic carbocycles. The molecule has 0 saturated heterocycles. The van der Waals surface area contributed by atoms with Crippen molar-refractivity contribution in [1.82, 2.24) is 5.43 Å². The van der Waals surface area contributed by atoms with Gasteiger partial charge in [-0.2, -0.15) is 5.10 Å². The molecule has 0 spiro atoms. The summed E-state index contributed by atoms with van der Waals surface area (Å²) < 4.78 is 11.8. The number of amides is 2. The molecule has 0 heterocycles. The summed E-state index contributed by atoms with van der Waals surface area (Å²) in [5.41, 5.74) is 3.84. The maximum absolute atomic E-state index is 11.9. The lowest BCUT2D eigenvalue weighted by molar-refractivity contribution is -0.124. The number of nitrogens with one attached hydrogen (secondary N) is 2. The molecule has 0 aliphatic heterocycles. The van der Waals surface area contributed by atoms with Crippen LogP contribution in [0, 0.1) is 0 Å². The van der Waals surface area contributed by atoms with Gasteiger partial charge in [-0.15, -0.1) is 0 Å². The van der Waals surface area contributed by atoms with Gasteiger partial charge >= 0.3 is 0 Å². The Labute approximate surface area is 178 Å². The van der Waals surface area contributed by atoms with Crippen LogP contribution in [0.1, 0.15) is 31.7 Å². The first-order chi connectivity index (χ1) is 14.0. The molecule has 0 fully saturated rings. The number of rotatable bonds is 10. The van der Waals surface area contributed by atoms with Gasteiger partial charge in [0.15, 0.2) is 11.5 Å². The first-order valence-corrected chi connectivity index (χ1v) is 10.00. The summed E-state index contributed by atoms with van der Waals surface area (Å²) in [6, 6.07) is 12.7. The molecule has 2 rings (SSSR count). The number of ether oxygens (including phenoxy) is 2. The smallest absolute Gasteiger partial charge is 0.240 e. The van der Waals surface area contributed by atoms with Crippen molar-refractivity contribution in [2.45, 2.75) is 26.2 Å². The molecule has 0 bridgehead atoms. The number of para-hydroxylation sites is 1. The zero-order valence-corrected chi connectivity index (χ0v) is 18.0. The van der Waals surface area contributed by atoms with Crippen molar-refractivity contribution in [3.63, 3.8) is 0 Å². The number of hydrogen-bond donors (Lipinski definition) is 2. The van der Waals surface area contributed by atoms with E-state index in [2.05, 4.69) is 31.8 Å². The Balaban J connectivity index is 1.84. The largest absolute Gasteiger partial charge is 0.493 e. The molecule has 7 nitrogen and oxygen atoms in total. The van der Waals surface area contributed by atoms with Crippen LogP contribution in [0.2, 0.25) is 0 Å². The quantitative estimate of drug-likeness (QED) is 0.411. The number of hydrogen-bond acceptors (Lipinski definition) is 5. The summed E-state index contributed by atoms with van der Waals surface area (Å²) in [5.74, 6) is 0.614. The number of carbonyl (C=O) groups is 2. The second-order valence-corrected chi connectivity index (χ2v) is 6.94. The summed E-state index contributed by atoms with van der Waals surface area (Å²) in [6.45, 7) is 2.60. The Bertz CT molecular complexity index is 857. The van der Waals surface area contributed by atoms with Crippen LogP contribution in [-0.4, -0.2) is 31.7 Å². The highest BCUT2D eigenvalue weighted by molar-refractivity contribution is 9.10. The summed E-state index contributed by atoms with van der Waals surface area (Å²) >= 11 is 3.46. The third-order valence-electron chi connectivity index (χ3n) is 3.74. The van der Waals surface area contributed by atoms with Crippen LogP contribution < -0.4 is 20.2 Å². The van der Waals surface area contributed by atoms with Crippen molar-refractivity contribution >= 4 is 39.6 Å². The van der Waals surface area contributed by atoms with Crippen LogP contribution in [0.5, 0.6) is 11.5 Å². The molecule has 0 aliphatic carbocycles. The van der Waals surface area contributed by atoms with E-state index in [0.29, 0.717) is 23.8 Å². The van der Waals surface area contributed by atoms with E-state index in [1.54, 1.807) is 25.3 Å².